The first-order valence-electron chi connectivity index (χ1n) is 12.0. The van der Waals surface area contributed by atoms with Crippen LogP contribution in [0.2, 0.25) is 0 Å². The largest absolute Gasteiger partial charge is 0.495 e. The maximum absolute atomic E-state index is 14.0. The van der Waals surface area contributed by atoms with Crippen molar-refractivity contribution in [3.8, 4) is 5.75 Å². The summed E-state index contributed by atoms with van der Waals surface area (Å²) >= 11 is 3.41. The number of benzene rings is 3. The summed E-state index contributed by atoms with van der Waals surface area (Å²) in [5.41, 5.74) is 0.941. The number of anilines is 1. The lowest BCUT2D eigenvalue weighted by molar-refractivity contribution is -0.384. The van der Waals surface area contributed by atoms with Crippen LogP contribution in [0.1, 0.15) is 11.1 Å². The third-order valence-electron chi connectivity index (χ3n) is 6.08. The number of hydrogen-bond acceptors (Lipinski definition) is 7. The SMILES string of the molecule is CNC(=O)[C@@H](Cc1ccccc1)N(Cc1cccc(Br)c1)C(=O)CN(c1cc([N+](=O)[O-])ccc1OC)S(C)(=O)=O. The van der Waals surface area contributed by atoms with Gasteiger partial charge in [-0.2, -0.15) is 0 Å². The number of methoxy groups -OCH3 is 1. The number of rotatable bonds is 12. The summed E-state index contributed by atoms with van der Waals surface area (Å²) in [6.07, 6.45) is 1.05. The predicted molar refractivity (Wildman–Crippen MR) is 155 cm³/mol. The summed E-state index contributed by atoms with van der Waals surface area (Å²) in [6, 6.07) is 18.8. The Morgan fingerprint density at radius 3 is 2.30 bits per heavy atom. The number of carbonyl (C=O) groups is 2. The minimum absolute atomic E-state index is 0.00708. The van der Waals surface area contributed by atoms with Gasteiger partial charge in [-0.1, -0.05) is 58.4 Å². The molecule has 1 atom stereocenters. The van der Waals surface area contributed by atoms with Crippen molar-refractivity contribution in [3.63, 3.8) is 0 Å². The van der Waals surface area contributed by atoms with E-state index in [0.717, 1.165) is 26.7 Å². The number of ether oxygens (including phenoxy) is 1. The molecule has 11 nitrogen and oxygen atoms in total. The number of nitrogens with zero attached hydrogens (tertiary/aromatic N) is 3. The Kier molecular flexibility index (Phi) is 10.2. The highest BCUT2D eigenvalue weighted by molar-refractivity contribution is 9.10. The van der Waals surface area contributed by atoms with E-state index in [1.165, 1.54) is 31.2 Å². The van der Waals surface area contributed by atoms with Gasteiger partial charge in [0.05, 0.1) is 18.3 Å². The van der Waals surface area contributed by atoms with Crippen LogP contribution in [0.4, 0.5) is 11.4 Å². The fraction of sp³-hybridized carbons (Fsp3) is 0.259. The van der Waals surface area contributed by atoms with Crippen molar-refractivity contribution in [2.45, 2.75) is 19.0 Å². The first-order valence-corrected chi connectivity index (χ1v) is 14.7. The fourth-order valence-electron chi connectivity index (χ4n) is 4.13. The standard InChI is InChI=1S/C27H29BrN4O7S/c1-29-27(34)24(15-19-8-5-4-6-9-19)30(17-20-10-7-11-21(28)14-20)26(33)18-31(40(3,37)38)23-16-22(32(35)36)12-13-25(23)39-2/h4-14,16,24H,15,17-18H2,1-3H3,(H,29,34)/t24-/m1/s1. The van der Waals surface area contributed by atoms with Gasteiger partial charge >= 0.3 is 0 Å². The molecule has 0 aliphatic rings. The Hall–Kier alpha value is -3.97. The second kappa shape index (κ2) is 13.4. The molecule has 0 radical (unpaired) electrons. The van der Waals surface area contributed by atoms with E-state index in [4.69, 9.17) is 4.74 Å². The van der Waals surface area contributed by atoms with Crippen LogP contribution in [0, 0.1) is 10.1 Å². The van der Waals surface area contributed by atoms with Crippen molar-refractivity contribution < 1.29 is 27.7 Å². The van der Waals surface area contributed by atoms with Crippen LogP contribution in [0.25, 0.3) is 0 Å². The molecule has 40 heavy (non-hydrogen) atoms. The summed E-state index contributed by atoms with van der Waals surface area (Å²) in [7, 11) is -1.39. The molecule has 1 N–H and O–H groups in total. The van der Waals surface area contributed by atoms with E-state index in [1.54, 1.807) is 18.2 Å². The lowest BCUT2D eigenvalue weighted by Crippen LogP contribution is -2.52. The number of sulfonamides is 1. The third kappa shape index (κ3) is 7.79. The second-order valence-corrected chi connectivity index (χ2v) is 11.7. The van der Waals surface area contributed by atoms with Gasteiger partial charge in [0, 0.05) is 36.6 Å². The first kappa shape index (κ1) is 30.6. The van der Waals surface area contributed by atoms with Crippen LogP contribution in [-0.4, -0.2) is 63.1 Å². The quantitative estimate of drug-likeness (QED) is 0.238. The van der Waals surface area contributed by atoms with Gasteiger partial charge in [0.25, 0.3) is 5.69 Å². The van der Waals surface area contributed by atoms with E-state index in [-0.39, 0.29) is 30.1 Å². The molecule has 212 valence electrons. The molecule has 0 aromatic heterocycles. The number of amides is 2. The van der Waals surface area contributed by atoms with Crippen molar-refractivity contribution in [3.05, 3.63) is 98.5 Å². The number of non-ortho nitro benzene ring substituents is 1. The molecular weight excluding hydrogens is 604 g/mol. The maximum atomic E-state index is 14.0. The molecule has 0 saturated carbocycles. The molecular formula is C27H29BrN4O7S. The zero-order valence-electron chi connectivity index (χ0n) is 22.1. The molecule has 0 aliphatic heterocycles. The summed E-state index contributed by atoms with van der Waals surface area (Å²) in [5, 5.41) is 14.0. The molecule has 13 heteroatoms. The molecule has 0 saturated heterocycles. The van der Waals surface area contributed by atoms with Gasteiger partial charge in [-0.05, 0) is 29.3 Å². The minimum Gasteiger partial charge on any atom is -0.495 e. The highest BCUT2D eigenvalue weighted by atomic mass is 79.9. The van der Waals surface area contributed by atoms with Crippen LogP contribution < -0.4 is 14.4 Å². The molecule has 3 aromatic carbocycles. The molecule has 3 aromatic rings. The van der Waals surface area contributed by atoms with Crippen LogP contribution in [0.3, 0.4) is 0 Å². The number of carbonyl (C=O) groups excluding carboxylic acids is 2. The average Bonchev–Trinajstić information content (AvgIpc) is 2.92. The number of nitro benzene ring substituents is 1. The highest BCUT2D eigenvalue weighted by Gasteiger charge is 2.34. The lowest BCUT2D eigenvalue weighted by atomic mass is 10.0. The van der Waals surface area contributed by atoms with Crippen LogP contribution in [0.5, 0.6) is 5.75 Å². The molecule has 0 unspecified atom stereocenters. The van der Waals surface area contributed by atoms with Gasteiger partial charge in [-0.25, -0.2) is 8.42 Å². The molecule has 0 aliphatic carbocycles. The summed E-state index contributed by atoms with van der Waals surface area (Å²) < 4.78 is 32.6. The van der Waals surface area contributed by atoms with Gasteiger partial charge < -0.3 is 15.0 Å². The van der Waals surface area contributed by atoms with Crippen molar-refractivity contribution in [1.29, 1.82) is 0 Å². The summed E-state index contributed by atoms with van der Waals surface area (Å²) in [5.74, 6) is -1.11. The third-order valence-corrected chi connectivity index (χ3v) is 7.70. The van der Waals surface area contributed by atoms with Gasteiger partial charge in [0.15, 0.2) is 0 Å². The van der Waals surface area contributed by atoms with Crippen molar-refractivity contribution in [2.75, 3.05) is 31.3 Å². The van der Waals surface area contributed by atoms with Gasteiger partial charge in [-0.15, -0.1) is 0 Å². The monoisotopic (exact) mass is 632 g/mol. The summed E-state index contributed by atoms with van der Waals surface area (Å²) in [4.78, 5) is 39.2. The molecule has 0 fully saturated rings. The molecule has 3 rings (SSSR count). The smallest absolute Gasteiger partial charge is 0.271 e. The Morgan fingerprint density at radius 1 is 1.05 bits per heavy atom. The van der Waals surface area contributed by atoms with Crippen LogP contribution in [0.15, 0.2) is 77.3 Å². The van der Waals surface area contributed by atoms with Gasteiger partial charge in [0.1, 0.15) is 24.0 Å². The lowest BCUT2D eigenvalue weighted by Gasteiger charge is -2.33. The van der Waals surface area contributed by atoms with E-state index in [1.807, 2.05) is 36.4 Å². The van der Waals surface area contributed by atoms with Crippen LogP contribution in [-0.2, 0) is 32.6 Å². The maximum Gasteiger partial charge on any atom is 0.271 e. The van der Waals surface area contributed by atoms with Crippen LogP contribution >= 0.6 is 15.9 Å². The molecule has 2 amide bonds. The highest BCUT2D eigenvalue weighted by Crippen LogP contribution is 2.34. The van der Waals surface area contributed by atoms with Crippen molar-refractivity contribution in [1.82, 2.24) is 10.2 Å². The Bertz CT molecular complexity index is 1490. The zero-order chi connectivity index (χ0) is 29.4. The van der Waals surface area contributed by atoms with Gasteiger partial charge in [-0.3, -0.25) is 24.0 Å². The Morgan fingerprint density at radius 2 is 1.73 bits per heavy atom. The number of halogens is 1. The Balaban J connectivity index is 2.10. The van der Waals surface area contributed by atoms with E-state index in [2.05, 4.69) is 21.2 Å². The average molecular weight is 634 g/mol. The molecule has 0 spiro atoms. The van der Waals surface area contributed by atoms with Crippen molar-refractivity contribution in [2.24, 2.45) is 0 Å². The zero-order valence-corrected chi connectivity index (χ0v) is 24.5. The van der Waals surface area contributed by atoms with E-state index in [0.29, 0.717) is 5.56 Å². The molecule has 0 bridgehead atoms. The van der Waals surface area contributed by atoms with E-state index < -0.39 is 39.3 Å². The first-order chi connectivity index (χ1) is 18.9. The predicted octanol–water partition coefficient (Wildman–Crippen LogP) is 3.52. The van der Waals surface area contributed by atoms with E-state index >= 15 is 0 Å². The normalized spacial score (nSPS) is 11.8. The van der Waals surface area contributed by atoms with Crippen molar-refractivity contribution >= 4 is 49.1 Å². The topological polar surface area (TPSA) is 139 Å². The number of nitro groups is 1. The number of nitrogens with one attached hydrogen (secondary N) is 1. The second-order valence-electron chi connectivity index (χ2n) is 8.85. The fourth-order valence-corrected chi connectivity index (χ4v) is 5.43. The minimum atomic E-state index is -4.14. The van der Waals surface area contributed by atoms with E-state index in [9.17, 15) is 28.1 Å². The van der Waals surface area contributed by atoms with Gasteiger partial charge in [0.2, 0.25) is 21.8 Å². The molecule has 0 heterocycles. The Labute approximate surface area is 241 Å². The summed E-state index contributed by atoms with van der Waals surface area (Å²) in [6.45, 7) is -0.737. The number of hydrogen-bond donors (Lipinski definition) is 1. The number of likely N-dealkylation sites (N-methyl/N-ethyl adjacent to an activating group) is 1.